The summed E-state index contributed by atoms with van der Waals surface area (Å²) < 4.78 is 26.7. The van der Waals surface area contributed by atoms with Crippen LogP contribution in [0.15, 0.2) is 23.2 Å². The summed E-state index contributed by atoms with van der Waals surface area (Å²) >= 11 is 0. The zero-order chi connectivity index (χ0) is 17.0. The van der Waals surface area contributed by atoms with Gasteiger partial charge in [-0.25, -0.2) is 8.78 Å². The molecule has 3 N–H and O–H groups in total. The lowest BCUT2D eigenvalue weighted by Gasteiger charge is -2.29. The molecule has 0 unspecified atom stereocenters. The first-order valence-electron chi connectivity index (χ1n) is 7.58. The predicted molar refractivity (Wildman–Crippen MR) is 101 cm³/mol. The summed E-state index contributed by atoms with van der Waals surface area (Å²) in [4.78, 5) is 18.2. The van der Waals surface area contributed by atoms with Crippen LogP contribution >= 0.6 is 24.0 Å². The molecule has 0 bridgehead atoms. The van der Waals surface area contributed by atoms with E-state index in [1.54, 1.807) is 19.0 Å². The van der Waals surface area contributed by atoms with E-state index in [9.17, 15) is 13.6 Å². The summed E-state index contributed by atoms with van der Waals surface area (Å²) in [6, 6.07) is 3.05. The average molecular weight is 452 g/mol. The number of carbonyl (C=O) groups excluding carboxylic acids is 1. The Kier molecular flexibility index (Phi) is 7.37. The minimum absolute atomic E-state index is 0. The molecule has 0 aromatic heterocycles. The van der Waals surface area contributed by atoms with Crippen LogP contribution in [0.3, 0.4) is 0 Å². The van der Waals surface area contributed by atoms with E-state index in [1.807, 2.05) is 0 Å². The summed E-state index contributed by atoms with van der Waals surface area (Å²) in [7, 11) is 3.44. The van der Waals surface area contributed by atoms with Crippen molar-refractivity contribution >= 4 is 41.5 Å². The molecule has 134 valence electrons. The zero-order valence-electron chi connectivity index (χ0n) is 13.8. The van der Waals surface area contributed by atoms with E-state index >= 15 is 0 Å². The van der Waals surface area contributed by atoms with Gasteiger partial charge in [0.15, 0.2) is 5.96 Å². The molecule has 5 nitrogen and oxygen atoms in total. The lowest BCUT2D eigenvalue weighted by molar-refractivity contribution is -0.138. The summed E-state index contributed by atoms with van der Waals surface area (Å²) in [5, 5.41) is 2.55. The van der Waals surface area contributed by atoms with Crippen molar-refractivity contribution in [2.45, 2.75) is 25.7 Å². The number of anilines is 1. The summed E-state index contributed by atoms with van der Waals surface area (Å²) in [6.45, 7) is 0.236. The van der Waals surface area contributed by atoms with Gasteiger partial charge < -0.3 is 16.0 Å². The minimum Gasteiger partial charge on any atom is -0.370 e. The number of benzene rings is 1. The smallest absolute Gasteiger partial charge is 0.230 e. The van der Waals surface area contributed by atoms with Crippen molar-refractivity contribution in [1.29, 1.82) is 0 Å². The van der Waals surface area contributed by atoms with Gasteiger partial charge in [0.2, 0.25) is 5.91 Å². The number of hydrogen-bond acceptors (Lipinski definition) is 2. The van der Waals surface area contributed by atoms with Crippen LogP contribution in [-0.4, -0.2) is 37.4 Å². The lowest BCUT2D eigenvalue weighted by atomic mass is 9.85. The van der Waals surface area contributed by atoms with Crippen LogP contribution in [0.5, 0.6) is 0 Å². The number of amides is 1. The second-order valence-electron chi connectivity index (χ2n) is 6.14. The van der Waals surface area contributed by atoms with E-state index in [2.05, 4.69) is 10.3 Å². The number of rotatable bonds is 4. The highest BCUT2D eigenvalue weighted by atomic mass is 127. The van der Waals surface area contributed by atoms with Crippen LogP contribution in [0.25, 0.3) is 0 Å². The quantitative estimate of drug-likeness (QED) is 0.420. The Morgan fingerprint density at radius 3 is 2.54 bits per heavy atom. The second-order valence-corrected chi connectivity index (χ2v) is 6.14. The van der Waals surface area contributed by atoms with Crippen molar-refractivity contribution < 1.29 is 13.6 Å². The molecule has 0 aliphatic heterocycles. The van der Waals surface area contributed by atoms with Crippen molar-refractivity contribution in [2.24, 2.45) is 16.1 Å². The van der Waals surface area contributed by atoms with Gasteiger partial charge in [-0.3, -0.25) is 9.79 Å². The van der Waals surface area contributed by atoms with Gasteiger partial charge in [0.05, 0.1) is 17.6 Å². The number of guanidine groups is 1. The molecule has 8 heteroatoms. The number of halogens is 3. The Morgan fingerprint density at radius 2 is 1.96 bits per heavy atom. The summed E-state index contributed by atoms with van der Waals surface area (Å²) in [5.41, 5.74) is 5.14. The first kappa shape index (κ1) is 20.6. The normalized spacial score (nSPS) is 16.4. The Morgan fingerprint density at radius 1 is 1.33 bits per heavy atom. The van der Waals surface area contributed by atoms with Crippen LogP contribution in [0.4, 0.5) is 14.5 Å². The largest absolute Gasteiger partial charge is 0.370 e. The average Bonchev–Trinajstić information content (AvgIpc) is 2.98. The molecule has 1 saturated carbocycles. The van der Waals surface area contributed by atoms with Crippen LogP contribution in [-0.2, 0) is 4.79 Å². The number of carbonyl (C=O) groups is 1. The molecule has 0 spiro atoms. The highest BCUT2D eigenvalue weighted by molar-refractivity contribution is 14.0. The van der Waals surface area contributed by atoms with Crippen molar-refractivity contribution in [3.05, 3.63) is 29.8 Å². The molecule has 0 saturated heterocycles. The first-order chi connectivity index (χ1) is 10.8. The zero-order valence-corrected chi connectivity index (χ0v) is 16.1. The second kappa shape index (κ2) is 8.59. The Labute approximate surface area is 157 Å². The lowest BCUT2D eigenvalue weighted by Crippen LogP contribution is -2.41. The number of nitrogens with two attached hydrogens (primary N) is 1. The Balaban J connectivity index is 0.00000288. The maximum Gasteiger partial charge on any atom is 0.230 e. The van der Waals surface area contributed by atoms with E-state index in [1.165, 1.54) is 0 Å². The van der Waals surface area contributed by atoms with Gasteiger partial charge >= 0.3 is 0 Å². The SMILES string of the molecule is CN(C)C(=O)C1(CN=C(N)Nc2cc(F)ccc2F)CCCC1.I. The standard InChI is InChI=1S/C16H22F2N4O.HI/c1-22(2)14(23)16(7-3-4-8-16)10-20-15(19)21-13-9-11(17)5-6-12(13)18;/h5-6,9H,3-4,7-8,10H2,1-2H3,(H3,19,20,21);1H. The molecule has 1 aromatic rings. The molecule has 1 amide bonds. The van der Waals surface area contributed by atoms with Gasteiger partial charge in [-0.15, -0.1) is 24.0 Å². The molecule has 1 fully saturated rings. The molecule has 2 rings (SSSR count). The van der Waals surface area contributed by atoms with Crippen LogP contribution in [0.1, 0.15) is 25.7 Å². The third-order valence-electron chi connectivity index (χ3n) is 4.16. The van der Waals surface area contributed by atoms with E-state index < -0.39 is 17.0 Å². The monoisotopic (exact) mass is 452 g/mol. The highest BCUT2D eigenvalue weighted by Crippen LogP contribution is 2.39. The molecule has 0 radical (unpaired) electrons. The summed E-state index contributed by atoms with van der Waals surface area (Å²) in [6.07, 6.45) is 3.46. The third-order valence-corrected chi connectivity index (χ3v) is 4.16. The van der Waals surface area contributed by atoms with E-state index in [0.717, 1.165) is 43.9 Å². The van der Waals surface area contributed by atoms with Crippen molar-refractivity contribution in [1.82, 2.24) is 4.90 Å². The summed E-state index contributed by atoms with van der Waals surface area (Å²) in [5.74, 6) is -1.20. The van der Waals surface area contributed by atoms with E-state index in [4.69, 9.17) is 5.73 Å². The molecule has 1 aliphatic rings. The van der Waals surface area contributed by atoms with Gasteiger partial charge in [0.1, 0.15) is 11.6 Å². The van der Waals surface area contributed by atoms with Crippen LogP contribution in [0.2, 0.25) is 0 Å². The number of aliphatic imine (C=N–C) groups is 1. The maximum absolute atomic E-state index is 13.6. The van der Waals surface area contributed by atoms with Gasteiger partial charge in [-0.05, 0) is 25.0 Å². The van der Waals surface area contributed by atoms with Crippen molar-refractivity contribution in [3.63, 3.8) is 0 Å². The van der Waals surface area contributed by atoms with Crippen molar-refractivity contribution in [3.8, 4) is 0 Å². The maximum atomic E-state index is 13.6. The molecule has 1 aliphatic carbocycles. The molecular formula is C16H23F2IN4O. The van der Waals surface area contributed by atoms with Crippen molar-refractivity contribution in [2.75, 3.05) is 26.0 Å². The third kappa shape index (κ3) is 4.78. The minimum atomic E-state index is -0.621. The van der Waals surface area contributed by atoms with Gasteiger partial charge in [-0.1, -0.05) is 12.8 Å². The van der Waals surface area contributed by atoms with Crippen LogP contribution in [0, 0.1) is 17.0 Å². The van der Waals surface area contributed by atoms with Gasteiger partial charge in [-0.2, -0.15) is 0 Å². The Hall–Kier alpha value is -1.45. The molecule has 0 atom stereocenters. The fraction of sp³-hybridized carbons (Fsp3) is 0.500. The Bertz CT molecular complexity index is 616. The fourth-order valence-electron chi connectivity index (χ4n) is 2.97. The molecular weight excluding hydrogens is 429 g/mol. The molecule has 1 aromatic carbocycles. The van der Waals surface area contributed by atoms with Gasteiger partial charge in [0, 0.05) is 20.2 Å². The topological polar surface area (TPSA) is 70.7 Å². The molecule has 24 heavy (non-hydrogen) atoms. The van der Waals surface area contributed by atoms with Gasteiger partial charge in [0.25, 0.3) is 0 Å². The first-order valence-corrected chi connectivity index (χ1v) is 7.58. The number of hydrogen-bond donors (Lipinski definition) is 2. The highest BCUT2D eigenvalue weighted by Gasteiger charge is 2.41. The van der Waals surface area contributed by atoms with E-state index in [-0.39, 0.29) is 48.1 Å². The van der Waals surface area contributed by atoms with E-state index in [0.29, 0.717) is 0 Å². The fourth-order valence-corrected chi connectivity index (χ4v) is 2.97. The number of nitrogens with one attached hydrogen (secondary N) is 1. The number of nitrogens with zero attached hydrogens (tertiary/aromatic N) is 2. The molecule has 0 heterocycles. The predicted octanol–water partition coefficient (Wildman–Crippen LogP) is 2.96. The van der Waals surface area contributed by atoms with Crippen LogP contribution < -0.4 is 11.1 Å².